The van der Waals surface area contributed by atoms with Gasteiger partial charge in [-0.1, -0.05) is 0 Å². The normalized spacial score (nSPS) is 12.4. The fraction of sp³-hybridized carbons (Fsp3) is 0.286. The van der Waals surface area contributed by atoms with E-state index in [1.54, 1.807) is 13.4 Å². The quantitative estimate of drug-likeness (QED) is 0.857. The first-order valence-corrected chi connectivity index (χ1v) is 5.79. The Morgan fingerprint density at radius 1 is 1.24 bits per heavy atom. The summed E-state index contributed by atoms with van der Waals surface area (Å²) in [6.45, 7) is 3.05. The van der Waals surface area contributed by atoms with Gasteiger partial charge in [0.15, 0.2) is 5.76 Å². The van der Waals surface area contributed by atoms with Crippen molar-refractivity contribution in [2.45, 2.75) is 19.5 Å². The van der Waals surface area contributed by atoms with Gasteiger partial charge in [0.05, 0.1) is 13.4 Å². The van der Waals surface area contributed by atoms with Gasteiger partial charge in [-0.05, 0) is 43.3 Å². The van der Waals surface area contributed by atoms with Crippen molar-refractivity contribution in [1.82, 2.24) is 0 Å². The van der Waals surface area contributed by atoms with E-state index in [0.29, 0.717) is 6.04 Å². The molecule has 2 aromatic rings. The van der Waals surface area contributed by atoms with Crippen LogP contribution >= 0.6 is 0 Å². The van der Waals surface area contributed by atoms with Gasteiger partial charge < -0.3 is 14.5 Å². The first kappa shape index (κ1) is 11.7. The number of nitrogens with two attached hydrogens (primary N) is 1. The Hall–Kier alpha value is -1.74. The maximum Gasteiger partial charge on any atom is 0.157 e. The number of hydrogen-bond acceptors (Lipinski definition) is 2. The molecule has 0 radical (unpaired) electrons. The molecule has 0 fully saturated rings. The highest BCUT2D eigenvalue weighted by Gasteiger charge is 2.09. The summed E-state index contributed by atoms with van der Waals surface area (Å²) in [6, 6.07) is 12.5. The summed E-state index contributed by atoms with van der Waals surface area (Å²) in [5.74, 6) is 1.90. The average molecular weight is 232 g/mol. The van der Waals surface area contributed by atoms with E-state index in [1.165, 1.54) is 5.56 Å². The van der Waals surface area contributed by atoms with Crippen LogP contribution in [-0.4, -0.2) is 7.11 Å². The summed E-state index contributed by atoms with van der Waals surface area (Å²) in [4.78, 5) is 0. The van der Waals surface area contributed by atoms with E-state index in [0.717, 1.165) is 18.1 Å². The molecule has 0 amide bonds. The van der Waals surface area contributed by atoms with Gasteiger partial charge in [0.25, 0.3) is 0 Å². The van der Waals surface area contributed by atoms with Gasteiger partial charge in [0.1, 0.15) is 18.3 Å². The van der Waals surface area contributed by atoms with Crippen molar-refractivity contribution < 1.29 is 14.5 Å². The highest BCUT2D eigenvalue weighted by Crippen LogP contribution is 2.14. The minimum atomic E-state index is 0.408. The minimum absolute atomic E-state index is 0.408. The number of benzene rings is 1. The molecule has 1 aromatic carbocycles. The van der Waals surface area contributed by atoms with Crippen LogP contribution in [0.2, 0.25) is 0 Å². The third kappa shape index (κ3) is 3.11. The first-order valence-electron chi connectivity index (χ1n) is 5.79. The molecule has 1 atom stereocenters. The zero-order valence-electron chi connectivity index (χ0n) is 10.2. The summed E-state index contributed by atoms with van der Waals surface area (Å²) < 4.78 is 10.4. The lowest BCUT2D eigenvalue weighted by molar-refractivity contribution is -0.709. The summed E-state index contributed by atoms with van der Waals surface area (Å²) in [5.41, 5.74) is 1.29. The van der Waals surface area contributed by atoms with E-state index in [-0.39, 0.29) is 0 Å². The molecule has 0 aliphatic carbocycles. The second-order valence-corrected chi connectivity index (χ2v) is 4.08. The smallest absolute Gasteiger partial charge is 0.157 e. The molecule has 0 spiro atoms. The minimum Gasteiger partial charge on any atom is -0.497 e. The van der Waals surface area contributed by atoms with Crippen LogP contribution in [-0.2, 0) is 6.54 Å². The molecule has 0 unspecified atom stereocenters. The lowest BCUT2D eigenvalue weighted by Crippen LogP contribution is -2.82. The summed E-state index contributed by atoms with van der Waals surface area (Å²) in [6.07, 6.45) is 1.71. The zero-order chi connectivity index (χ0) is 12.1. The SMILES string of the molecule is COc1ccc([C@H](C)[NH2+]Cc2ccco2)cc1. The van der Waals surface area contributed by atoms with Gasteiger partial charge in [-0.3, -0.25) is 0 Å². The Labute approximate surface area is 101 Å². The molecule has 90 valence electrons. The molecular formula is C14H18NO2+. The molecule has 3 nitrogen and oxygen atoms in total. The number of methoxy groups -OCH3 is 1. The lowest BCUT2D eigenvalue weighted by Gasteiger charge is -2.10. The van der Waals surface area contributed by atoms with Crippen molar-refractivity contribution in [2.24, 2.45) is 0 Å². The summed E-state index contributed by atoms with van der Waals surface area (Å²) in [5, 5.41) is 2.25. The molecule has 1 heterocycles. The average Bonchev–Trinajstić information content (AvgIpc) is 2.89. The van der Waals surface area contributed by atoms with Crippen molar-refractivity contribution in [1.29, 1.82) is 0 Å². The molecule has 0 bridgehead atoms. The van der Waals surface area contributed by atoms with E-state index in [1.807, 2.05) is 24.3 Å². The Morgan fingerprint density at radius 2 is 2.00 bits per heavy atom. The Balaban J connectivity index is 1.92. The van der Waals surface area contributed by atoms with Gasteiger partial charge in [0, 0.05) is 5.56 Å². The fourth-order valence-corrected chi connectivity index (χ4v) is 1.77. The van der Waals surface area contributed by atoms with Crippen LogP contribution in [0.4, 0.5) is 0 Å². The molecular weight excluding hydrogens is 214 g/mol. The number of ether oxygens (including phenoxy) is 1. The predicted molar refractivity (Wildman–Crippen MR) is 65.7 cm³/mol. The van der Waals surface area contributed by atoms with E-state index in [9.17, 15) is 0 Å². The molecule has 0 aliphatic heterocycles. The number of furan rings is 1. The molecule has 2 N–H and O–H groups in total. The standard InChI is InChI=1S/C14H17NO2/c1-11(15-10-14-4-3-9-17-14)12-5-7-13(16-2)8-6-12/h3-9,11,15H,10H2,1-2H3/p+1/t11-/m0/s1. The second kappa shape index (κ2) is 5.55. The van der Waals surface area contributed by atoms with Crippen molar-refractivity contribution in [2.75, 3.05) is 7.11 Å². The summed E-state index contributed by atoms with van der Waals surface area (Å²) >= 11 is 0. The van der Waals surface area contributed by atoms with Crippen LogP contribution in [0.3, 0.4) is 0 Å². The topological polar surface area (TPSA) is 39.0 Å². The van der Waals surface area contributed by atoms with Crippen LogP contribution in [0.25, 0.3) is 0 Å². The van der Waals surface area contributed by atoms with Gasteiger partial charge in [-0.15, -0.1) is 0 Å². The number of rotatable bonds is 5. The maximum atomic E-state index is 5.31. The van der Waals surface area contributed by atoms with E-state index in [4.69, 9.17) is 9.15 Å². The maximum absolute atomic E-state index is 5.31. The second-order valence-electron chi connectivity index (χ2n) is 4.08. The fourth-order valence-electron chi connectivity index (χ4n) is 1.77. The van der Waals surface area contributed by atoms with Crippen molar-refractivity contribution in [3.05, 3.63) is 54.0 Å². The summed E-state index contributed by atoms with van der Waals surface area (Å²) in [7, 11) is 1.68. The Morgan fingerprint density at radius 3 is 2.59 bits per heavy atom. The largest absolute Gasteiger partial charge is 0.497 e. The molecule has 0 aliphatic rings. The van der Waals surface area contributed by atoms with Crippen LogP contribution in [0.15, 0.2) is 47.1 Å². The molecule has 0 saturated carbocycles. The Bertz CT molecular complexity index is 434. The highest BCUT2D eigenvalue weighted by molar-refractivity contribution is 5.27. The molecule has 17 heavy (non-hydrogen) atoms. The monoisotopic (exact) mass is 232 g/mol. The lowest BCUT2D eigenvalue weighted by atomic mass is 10.1. The zero-order valence-corrected chi connectivity index (χ0v) is 10.2. The third-order valence-electron chi connectivity index (χ3n) is 2.89. The van der Waals surface area contributed by atoms with E-state index >= 15 is 0 Å². The van der Waals surface area contributed by atoms with Crippen LogP contribution in [0, 0.1) is 0 Å². The molecule has 1 aromatic heterocycles. The van der Waals surface area contributed by atoms with E-state index < -0.39 is 0 Å². The van der Waals surface area contributed by atoms with Crippen molar-refractivity contribution >= 4 is 0 Å². The van der Waals surface area contributed by atoms with Crippen molar-refractivity contribution in [3.63, 3.8) is 0 Å². The van der Waals surface area contributed by atoms with Crippen LogP contribution < -0.4 is 10.1 Å². The van der Waals surface area contributed by atoms with Crippen LogP contribution in [0.5, 0.6) is 5.75 Å². The van der Waals surface area contributed by atoms with E-state index in [2.05, 4.69) is 24.4 Å². The number of quaternary nitrogens is 1. The van der Waals surface area contributed by atoms with Gasteiger partial charge in [-0.25, -0.2) is 0 Å². The highest BCUT2D eigenvalue weighted by atomic mass is 16.5. The van der Waals surface area contributed by atoms with Crippen molar-refractivity contribution in [3.8, 4) is 5.75 Å². The van der Waals surface area contributed by atoms with Gasteiger partial charge in [-0.2, -0.15) is 0 Å². The predicted octanol–water partition coefficient (Wildman–Crippen LogP) is 2.11. The van der Waals surface area contributed by atoms with Crippen LogP contribution in [0.1, 0.15) is 24.3 Å². The Kier molecular flexibility index (Phi) is 3.83. The molecule has 0 saturated heterocycles. The van der Waals surface area contributed by atoms with Gasteiger partial charge >= 0.3 is 0 Å². The first-order chi connectivity index (χ1) is 8.29. The molecule has 3 heteroatoms. The number of hydrogen-bond donors (Lipinski definition) is 1. The molecule has 2 rings (SSSR count). The van der Waals surface area contributed by atoms with Gasteiger partial charge in [0.2, 0.25) is 0 Å². The third-order valence-corrected chi connectivity index (χ3v) is 2.89.